The molecule has 0 amide bonds. The lowest BCUT2D eigenvalue weighted by molar-refractivity contribution is -0.134. The van der Waals surface area contributed by atoms with Crippen molar-refractivity contribution < 1.29 is 34.0 Å². The highest BCUT2D eigenvalue weighted by Gasteiger charge is 2.45. The zero-order valence-electron chi connectivity index (χ0n) is 24.4. The molecule has 2 heterocycles. The van der Waals surface area contributed by atoms with E-state index in [9.17, 15) is 9.59 Å². The van der Waals surface area contributed by atoms with Crippen LogP contribution >= 0.6 is 0 Å². The van der Waals surface area contributed by atoms with Crippen LogP contribution in [0.15, 0.2) is 84.9 Å². The van der Waals surface area contributed by atoms with Gasteiger partial charge in [-0.25, -0.2) is 9.59 Å². The third-order valence-electron chi connectivity index (χ3n) is 7.65. The highest BCUT2D eigenvalue weighted by Crippen LogP contribution is 2.53. The molecule has 2 atom stereocenters. The van der Waals surface area contributed by atoms with Gasteiger partial charge in [-0.2, -0.15) is 0 Å². The Morgan fingerprint density at radius 1 is 0.905 bits per heavy atom. The van der Waals surface area contributed by atoms with Crippen molar-refractivity contribution in [1.82, 2.24) is 4.90 Å². The summed E-state index contributed by atoms with van der Waals surface area (Å²) in [7, 11) is 1.70. The van der Waals surface area contributed by atoms with E-state index in [-0.39, 0.29) is 11.8 Å². The third-order valence-corrected chi connectivity index (χ3v) is 7.65. The van der Waals surface area contributed by atoms with Gasteiger partial charge in [0.25, 0.3) is 0 Å². The molecule has 0 aliphatic carbocycles. The van der Waals surface area contributed by atoms with E-state index >= 15 is 0 Å². The SMILES string of the molecule is COc1ccc2c(c1)OC(C)(C)[C@@H](c1ccccc1)[C@@H]2c1ccc(OCCN2CCCC2)cc1.O=C(O)C=CC(=O)O. The molecule has 0 spiro atoms. The number of hydrogen-bond acceptors (Lipinski definition) is 6. The highest BCUT2D eigenvalue weighted by atomic mass is 16.5. The fourth-order valence-electron chi connectivity index (χ4n) is 5.75. The topological polar surface area (TPSA) is 106 Å². The second-order valence-electron chi connectivity index (χ2n) is 11.0. The standard InChI is InChI=1S/C30H35NO3.C4H4O4/c1-30(2)29(23-9-5-4-6-10-23)28(26-16-15-25(32-3)21-27(26)34-30)22-11-13-24(14-12-22)33-20-19-31-17-7-8-18-31;5-3(6)1-2-4(7)8/h4-6,9-16,21,28-29H,7-8,17-20H2,1-3H3;1-2H,(H,5,6)(H,7,8)/t28-,29+;/m1./s1. The van der Waals surface area contributed by atoms with Crippen molar-refractivity contribution in [3.63, 3.8) is 0 Å². The quantitative estimate of drug-likeness (QED) is 0.302. The van der Waals surface area contributed by atoms with Crippen molar-refractivity contribution in [3.8, 4) is 17.2 Å². The largest absolute Gasteiger partial charge is 0.497 e. The lowest BCUT2D eigenvalue weighted by Crippen LogP contribution is -2.43. The van der Waals surface area contributed by atoms with Crippen LogP contribution in [-0.2, 0) is 9.59 Å². The molecule has 0 saturated carbocycles. The van der Waals surface area contributed by atoms with Gasteiger partial charge in [-0.1, -0.05) is 48.5 Å². The van der Waals surface area contributed by atoms with E-state index in [1.165, 1.54) is 42.6 Å². The summed E-state index contributed by atoms with van der Waals surface area (Å²) in [6.45, 7) is 8.52. The molecule has 8 nitrogen and oxygen atoms in total. The smallest absolute Gasteiger partial charge is 0.328 e. The number of likely N-dealkylation sites (tertiary alicyclic amines) is 1. The van der Waals surface area contributed by atoms with E-state index in [0.29, 0.717) is 12.2 Å². The molecule has 0 unspecified atom stereocenters. The molecule has 222 valence electrons. The number of carboxylic acids is 2. The van der Waals surface area contributed by atoms with Crippen LogP contribution in [0.4, 0.5) is 0 Å². The number of rotatable bonds is 9. The first kappa shape index (κ1) is 30.7. The van der Waals surface area contributed by atoms with Crippen LogP contribution in [-0.4, -0.2) is 66.0 Å². The van der Waals surface area contributed by atoms with Crippen molar-refractivity contribution in [2.45, 2.75) is 44.1 Å². The minimum absolute atomic E-state index is 0.158. The third kappa shape index (κ3) is 7.91. The first-order chi connectivity index (χ1) is 20.2. The minimum atomic E-state index is -1.26. The van der Waals surface area contributed by atoms with Gasteiger partial charge in [0.15, 0.2) is 0 Å². The van der Waals surface area contributed by atoms with Crippen molar-refractivity contribution in [1.29, 1.82) is 0 Å². The van der Waals surface area contributed by atoms with Gasteiger partial charge in [0, 0.05) is 42.2 Å². The predicted octanol–water partition coefficient (Wildman–Crippen LogP) is 5.97. The van der Waals surface area contributed by atoms with E-state index in [1.807, 2.05) is 12.1 Å². The second kappa shape index (κ2) is 14.0. The van der Waals surface area contributed by atoms with Crippen LogP contribution in [0.1, 0.15) is 55.2 Å². The first-order valence-corrected chi connectivity index (χ1v) is 14.2. The fourth-order valence-corrected chi connectivity index (χ4v) is 5.75. The Bertz CT molecular complexity index is 1350. The normalized spacial score (nSPS) is 19.2. The summed E-state index contributed by atoms with van der Waals surface area (Å²) in [4.78, 5) is 21.6. The number of ether oxygens (including phenoxy) is 3. The molecular formula is C34H39NO7. The summed E-state index contributed by atoms with van der Waals surface area (Å²) < 4.78 is 18.2. The lowest BCUT2D eigenvalue weighted by Gasteiger charge is -2.45. The Morgan fingerprint density at radius 3 is 2.12 bits per heavy atom. The summed E-state index contributed by atoms with van der Waals surface area (Å²) in [6.07, 6.45) is 3.74. The van der Waals surface area contributed by atoms with Gasteiger partial charge in [-0.05, 0) is 69.1 Å². The average molecular weight is 574 g/mol. The zero-order chi connectivity index (χ0) is 30.1. The Labute approximate surface area is 247 Å². The van der Waals surface area contributed by atoms with Crippen LogP contribution in [0.2, 0.25) is 0 Å². The Kier molecular flexibility index (Phi) is 10.3. The molecule has 8 heteroatoms. The molecule has 0 bridgehead atoms. The van der Waals surface area contributed by atoms with Crippen molar-refractivity contribution in [2.24, 2.45) is 0 Å². The van der Waals surface area contributed by atoms with Gasteiger partial charge in [0.1, 0.15) is 29.5 Å². The minimum Gasteiger partial charge on any atom is -0.497 e. The number of benzene rings is 3. The maximum atomic E-state index is 9.55. The number of carboxylic acid groups (broad SMARTS) is 2. The van der Waals surface area contributed by atoms with Crippen molar-refractivity contribution >= 4 is 11.9 Å². The van der Waals surface area contributed by atoms with E-state index in [2.05, 4.69) is 79.4 Å². The first-order valence-electron chi connectivity index (χ1n) is 14.2. The summed E-state index contributed by atoms with van der Waals surface area (Å²) in [5.41, 5.74) is 3.35. The Morgan fingerprint density at radius 2 is 1.52 bits per heavy atom. The number of carbonyl (C=O) groups is 2. The molecule has 42 heavy (non-hydrogen) atoms. The Balaban J connectivity index is 0.000000446. The van der Waals surface area contributed by atoms with Gasteiger partial charge < -0.3 is 24.4 Å². The van der Waals surface area contributed by atoms with Crippen molar-refractivity contribution in [3.05, 3.63) is 102 Å². The van der Waals surface area contributed by atoms with Crippen LogP contribution < -0.4 is 14.2 Å². The molecule has 2 aliphatic rings. The van der Waals surface area contributed by atoms with E-state index in [4.69, 9.17) is 24.4 Å². The fraction of sp³-hybridized carbons (Fsp3) is 0.353. The molecule has 1 saturated heterocycles. The molecule has 2 aliphatic heterocycles. The van der Waals surface area contributed by atoms with Crippen LogP contribution in [0, 0.1) is 0 Å². The second-order valence-corrected chi connectivity index (χ2v) is 11.0. The van der Waals surface area contributed by atoms with E-state index < -0.39 is 17.5 Å². The highest BCUT2D eigenvalue weighted by molar-refractivity contribution is 5.89. The van der Waals surface area contributed by atoms with Gasteiger partial charge >= 0.3 is 11.9 Å². The zero-order valence-corrected chi connectivity index (χ0v) is 24.4. The Hall–Kier alpha value is -4.30. The molecular weight excluding hydrogens is 534 g/mol. The molecule has 3 aromatic rings. The summed E-state index contributed by atoms with van der Waals surface area (Å²) in [5, 5.41) is 15.6. The lowest BCUT2D eigenvalue weighted by atomic mass is 9.68. The summed E-state index contributed by atoms with van der Waals surface area (Å²) >= 11 is 0. The number of nitrogens with zero attached hydrogens (tertiary/aromatic N) is 1. The van der Waals surface area contributed by atoms with E-state index in [0.717, 1.165) is 30.4 Å². The number of fused-ring (bicyclic) bond motifs is 1. The molecule has 5 rings (SSSR count). The molecule has 0 radical (unpaired) electrons. The summed E-state index contributed by atoms with van der Waals surface area (Å²) in [6, 6.07) is 25.6. The average Bonchev–Trinajstić information content (AvgIpc) is 3.49. The molecule has 3 aromatic carbocycles. The number of hydrogen-bond donors (Lipinski definition) is 2. The van der Waals surface area contributed by atoms with Gasteiger partial charge in [-0.3, -0.25) is 4.90 Å². The van der Waals surface area contributed by atoms with Crippen molar-refractivity contribution in [2.75, 3.05) is 33.4 Å². The van der Waals surface area contributed by atoms with Gasteiger partial charge in [0.05, 0.1) is 7.11 Å². The van der Waals surface area contributed by atoms with Gasteiger partial charge in [0.2, 0.25) is 0 Å². The maximum Gasteiger partial charge on any atom is 0.328 e. The molecule has 1 fully saturated rings. The van der Waals surface area contributed by atoms with Crippen LogP contribution in [0.3, 0.4) is 0 Å². The number of methoxy groups -OCH3 is 1. The van der Waals surface area contributed by atoms with Crippen LogP contribution in [0.25, 0.3) is 0 Å². The molecule has 0 aromatic heterocycles. The summed E-state index contributed by atoms with van der Waals surface area (Å²) in [5.74, 6) is 0.447. The maximum absolute atomic E-state index is 9.55. The predicted molar refractivity (Wildman–Crippen MR) is 161 cm³/mol. The number of aliphatic carboxylic acids is 2. The van der Waals surface area contributed by atoms with Crippen LogP contribution in [0.5, 0.6) is 17.2 Å². The van der Waals surface area contributed by atoms with E-state index in [1.54, 1.807) is 7.11 Å². The monoisotopic (exact) mass is 573 g/mol. The van der Waals surface area contributed by atoms with Gasteiger partial charge in [-0.15, -0.1) is 0 Å². The molecule has 2 N–H and O–H groups in total.